The van der Waals surface area contributed by atoms with Crippen molar-refractivity contribution in [3.63, 3.8) is 0 Å². The van der Waals surface area contributed by atoms with Crippen molar-refractivity contribution in [2.75, 3.05) is 19.0 Å². The molecule has 1 aromatic heterocycles. The van der Waals surface area contributed by atoms with Crippen LogP contribution in [0.3, 0.4) is 0 Å². The number of benzene rings is 1. The zero-order chi connectivity index (χ0) is 17.4. The van der Waals surface area contributed by atoms with Crippen LogP contribution in [0.25, 0.3) is 11.3 Å². The van der Waals surface area contributed by atoms with Crippen LogP contribution < -0.4 is 10.1 Å². The molecule has 2 fully saturated rings. The summed E-state index contributed by atoms with van der Waals surface area (Å²) in [4.78, 5) is 9.16. The molecule has 0 amide bonds. The normalized spacial score (nSPS) is 27.1. The van der Waals surface area contributed by atoms with Gasteiger partial charge in [0.1, 0.15) is 5.75 Å². The Balaban J connectivity index is 1.53. The van der Waals surface area contributed by atoms with E-state index in [1.807, 2.05) is 36.5 Å². The van der Waals surface area contributed by atoms with Gasteiger partial charge in [-0.3, -0.25) is 0 Å². The molecule has 1 aliphatic carbocycles. The molecule has 3 atom stereocenters. The highest BCUT2D eigenvalue weighted by molar-refractivity contribution is 5.61. The largest absolute Gasteiger partial charge is 0.497 e. The second-order valence-electron chi connectivity index (χ2n) is 7.53. The number of hydrogen-bond donors (Lipinski definition) is 1. The summed E-state index contributed by atoms with van der Waals surface area (Å²) in [6, 6.07) is 10.2. The standard InChI is InChI=1S/C20H25N3O2/c1-20(2)17(15-5-4-12-25-18(15)20)23-19-21-11-10-16(22-19)13-6-8-14(24-3)9-7-13/h6-11,15,17-18H,4-5,12H2,1-3H3,(H,21,22,23). The summed E-state index contributed by atoms with van der Waals surface area (Å²) in [6.45, 7) is 5.43. The van der Waals surface area contributed by atoms with Gasteiger partial charge in [0, 0.05) is 35.7 Å². The molecule has 1 aromatic carbocycles. The number of nitrogens with one attached hydrogen (secondary N) is 1. The van der Waals surface area contributed by atoms with Gasteiger partial charge in [-0.15, -0.1) is 0 Å². The Bertz CT molecular complexity index is 745. The Hall–Kier alpha value is -2.14. The fourth-order valence-corrected chi connectivity index (χ4v) is 4.31. The lowest BCUT2D eigenvalue weighted by molar-refractivity contribution is -0.177. The van der Waals surface area contributed by atoms with Crippen LogP contribution in [0.1, 0.15) is 26.7 Å². The van der Waals surface area contributed by atoms with Crippen molar-refractivity contribution < 1.29 is 9.47 Å². The number of fused-ring (bicyclic) bond motifs is 1. The van der Waals surface area contributed by atoms with Gasteiger partial charge in [-0.25, -0.2) is 9.97 Å². The molecule has 3 unspecified atom stereocenters. The second kappa shape index (κ2) is 6.30. The molecule has 0 spiro atoms. The van der Waals surface area contributed by atoms with Crippen molar-refractivity contribution in [1.29, 1.82) is 0 Å². The van der Waals surface area contributed by atoms with Crippen molar-refractivity contribution >= 4 is 5.95 Å². The van der Waals surface area contributed by atoms with E-state index in [1.54, 1.807) is 7.11 Å². The lowest BCUT2D eigenvalue weighted by Gasteiger charge is -2.59. The zero-order valence-electron chi connectivity index (χ0n) is 15.0. The van der Waals surface area contributed by atoms with Crippen LogP contribution in [-0.2, 0) is 4.74 Å². The number of nitrogens with zero attached hydrogens (tertiary/aromatic N) is 2. The lowest BCUT2D eigenvalue weighted by atomic mass is 9.55. The monoisotopic (exact) mass is 339 g/mol. The molecule has 4 rings (SSSR count). The first-order valence-electron chi connectivity index (χ1n) is 8.95. The zero-order valence-corrected chi connectivity index (χ0v) is 15.0. The molecule has 2 aliphatic rings. The first-order chi connectivity index (χ1) is 12.1. The summed E-state index contributed by atoms with van der Waals surface area (Å²) < 4.78 is 11.2. The Morgan fingerprint density at radius 1 is 1.20 bits per heavy atom. The van der Waals surface area contributed by atoms with E-state index < -0.39 is 0 Å². The molecule has 1 saturated heterocycles. The molecule has 1 saturated carbocycles. The quantitative estimate of drug-likeness (QED) is 0.919. The summed E-state index contributed by atoms with van der Waals surface area (Å²) in [5.74, 6) is 2.09. The topological polar surface area (TPSA) is 56.3 Å². The van der Waals surface area contributed by atoms with Gasteiger partial charge in [0.2, 0.25) is 5.95 Å². The van der Waals surface area contributed by atoms with E-state index in [2.05, 4.69) is 24.1 Å². The van der Waals surface area contributed by atoms with Gasteiger partial charge in [-0.05, 0) is 43.2 Å². The van der Waals surface area contributed by atoms with E-state index in [1.165, 1.54) is 6.42 Å². The molecular weight excluding hydrogens is 314 g/mol. The molecule has 25 heavy (non-hydrogen) atoms. The molecule has 5 nitrogen and oxygen atoms in total. The third-order valence-electron chi connectivity index (χ3n) is 5.66. The van der Waals surface area contributed by atoms with Gasteiger partial charge < -0.3 is 14.8 Å². The maximum Gasteiger partial charge on any atom is 0.223 e. The molecule has 2 aromatic rings. The highest BCUT2D eigenvalue weighted by atomic mass is 16.5. The van der Waals surface area contributed by atoms with Gasteiger partial charge in [-0.2, -0.15) is 0 Å². The molecule has 1 N–H and O–H groups in total. The number of rotatable bonds is 4. The minimum atomic E-state index is 0.102. The highest BCUT2D eigenvalue weighted by Crippen LogP contribution is 2.52. The van der Waals surface area contributed by atoms with Crippen molar-refractivity contribution in [1.82, 2.24) is 9.97 Å². The van der Waals surface area contributed by atoms with Gasteiger partial charge in [0.25, 0.3) is 0 Å². The van der Waals surface area contributed by atoms with Crippen LogP contribution in [0.2, 0.25) is 0 Å². The van der Waals surface area contributed by atoms with Crippen LogP contribution in [-0.4, -0.2) is 35.8 Å². The molecule has 1 aliphatic heterocycles. The average Bonchev–Trinajstić information content (AvgIpc) is 2.66. The number of anilines is 1. The third-order valence-corrected chi connectivity index (χ3v) is 5.66. The first-order valence-corrected chi connectivity index (χ1v) is 8.95. The fourth-order valence-electron chi connectivity index (χ4n) is 4.31. The van der Waals surface area contributed by atoms with Crippen LogP contribution in [0.4, 0.5) is 5.95 Å². The van der Waals surface area contributed by atoms with E-state index >= 15 is 0 Å². The minimum absolute atomic E-state index is 0.102. The van der Waals surface area contributed by atoms with Gasteiger partial charge in [0.05, 0.1) is 18.9 Å². The predicted octanol–water partition coefficient (Wildman–Crippen LogP) is 3.77. The van der Waals surface area contributed by atoms with Crippen LogP contribution in [0.15, 0.2) is 36.5 Å². The Morgan fingerprint density at radius 3 is 2.76 bits per heavy atom. The van der Waals surface area contributed by atoms with Crippen molar-refractivity contribution in [3.8, 4) is 17.0 Å². The predicted molar refractivity (Wildman–Crippen MR) is 97.7 cm³/mol. The summed E-state index contributed by atoms with van der Waals surface area (Å²) in [6.07, 6.45) is 4.52. The number of hydrogen-bond acceptors (Lipinski definition) is 5. The van der Waals surface area contributed by atoms with E-state index in [9.17, 15) is 0 Å². The number of ether oxygens (including phenoxy) is 2. The number of methoxy groups -OCH3 is 1. The smallest absolute Gasteiger partial charge is 0.223 e. The molecular formula is C20H25N3O2. The number of aromatic nitrogens is 2. The maximum atomic E-state index is 5.98. The first kappa shape index (κ1) is 16.3. The Labute approximate surface area is 148 Å². The van der Waals surface area contributed by atoms with Crippen molar-refractivity contribution in [3.05, 3.63) is 36.5 Å². The fraction of sp³-hybridized carbons (Fsp3) is 0.500. The Kier molecular flexibility index (Phi) is 4.12. The minimum Gasteiger partial charge on any atom is -0.497 e. The summed E-state index contributed by atoms with van der Waals surface area (Å²) >= 11 is 0. The van der Waals surface area contributed by atoms with Gasteiger partial charge in [-0.1, -0.05) is 13.8 Å². The van der Waals surface area contributed by atoms with E-state index in [4.69, 9.17) is 14.5 Å². The third kappa shape index (κ3) is 2.86. The SMILES string of the molecule is COc1ccc(-c2ccnc(NC3C4CCCOC4C3(C)C)n2)cc1. The highest BCUT2D eigenvalue weighted by Gasteiger charge is 2.58. The van der Waals surface area contributed by atoms with Crippen molar-refractivity contribution in [2.45, 2.75) is 38.8 Å². The molecule has 5 heteroatoms. The van der Waals surface area contributed by atoms with E-state index in [-0.39, 0.29) is 5.41 Å². The molecule has 0 bridgehead atoms. The van der Waals surface area contributed by atoms with Crippen LogP contribution in [0, 0.1) is 11.3 Å². The summed E-state index contributed by atoms with van der Waals surface area (Å²) in [5.41, 5.74) is 2.07. The lowest BCUT2D eigenvalue weighted by Crippen LogP contribution is -2.67. The van der Waals surface area contributed by atoms with Crippen molar-refractivity contribution in [2.24, 2.45) is 11.3 Å². The van der Waals surface area contributed by atoms with Crippen LogP contribution in [0.5, 0.6) is 5.75 Å². The van der Waals surface area contributed by atoms with Gasteiger partial charge >= 0.3 is 0 Å². The van der Waals surface area contributed by atoms with Crippen LogP contribution >= 0.6 is 0 Å². The molecule has 132 valence electrons. The summed E-state index contributed by atoms with van der Waals surface area (Å²) in [5, 5.41) is 3.57. The molecule has 2 heterocycles. The Morgan fingerprint density at radius 2 is 2.00 bits per heavy atom. The molecule has 0 radical (unpaired) electrons. The van der Waals surface area contributed by atoms with E-state index in [0.29, 0.717) is 24.0 Å². The van der Waals surface area contributed by atoms with Gasteiger partial charge in [0.15, 0.2) is 0 Å². The maximum absolute atomic E-state index is 5.98. The summed E-state index contributed by atoms with van der Waals surface area (Å²) in [7, 11) is 1.67. The van der Waals surface area contributed by atoms with E-state index in [0.717, 1.165) is 30.0 Å². The second-order valence-corrected chi connectivity index (χ2v) is 7.53. The average molecular weight is 339 g/mol.